The van der Waals surface area contributed by atoms with Crippen LogP contribution < -0.4 is 0 Å². The topological polar surface area (TPSA) is 90.2 Å². The summed E-state index contributed by atoms with van der Waals surface area (Å²) in [5.74, 6) is -0.843. The first-order valence-corrected chi connectivity index (χ1v) is 8.89. The molecule has 8 nitrogen and oxygen atoms in total. The van der Waals surface area contributed by atoms with Crippen molar-refractivity contribution in [2.45, 2.75) is 13.0 Å². The van der Waals surface area contributed by atoms with E-state index in [0.29, 0.717) is 24.1 Å². The zero-order valence-corrected chi connectivity index (χ0v) is 14.8. The minimum Gasteiger partial charge on any atom is -0.329 e. The number of rotatable bonds is 5. The third kappa shape index (κ3) is 2.54. The van der Waals surface area contributed by atoms with Gasteiger partial charge in [-0.05, 0) is 30.7 Å². The standard InChI is InChI=1S/C20H15N5O3/c26-19-13-5-1-2-6-14(13)20(27)25(19)28-10-4-9-24-12-23-16-11-22-15-7-3-8-21-17(15)18(16)24/h1-3,5-8,11-12H,4,9-10H2. The number of aryl methyl sites for hydroxylation is 1. The molecule has 0 fully saturated rings. The smallest absolute Gasteiger partial charge is 0.285 e. The van der Waals surface area contributed by atoms with Gasteiger partial charge >= 0.3 is 0 Å². The quantitative estimate of drug-likeness (QED) is 0.395. The Morgan fingerprint density at radius 3 is 2.46 bits per heavy atom. The van der Waals surface area contributed by atoms with Gasteiger partial charge in [0.2, 0.25) is 0 Å². The molecule has 0 aliphatic carbocycles. The summed E-state index contributed by atoms with van der Waals surface area (Å²) >= 11 is 0. The van der Waals surface area contributed by atoms with Gasteiger partial charge in [-0.2, -0.15) is 0 Å². The summed E-state index contributed by atoms with van der Waals surface area (Å²) in [5.41, 5.74) is 4.02. The van der Waals surface area contributed by atoms with Crippen LogP contribution in [0.5, 0.6) is 0 Å². The average molecular weight is 373 g/mol. The maximum absolute atomic E-state index is 12.3. The second-order valence-corrected chi connectivity index (χ2v) is 6.44. The van der Waals surface area contributed by atoms with Gasteiger partial charge < -0.3 is 4.57 Å². The van der Waals surface area contributed by atoms with E-state index in [-0.39, 0.29) is 6.61 Å². The van der Waals surface area contributed by atoms with Crippen LogP contribution in [0.15, 0.2) is 55.1 Å². The first kappa shape index (κ1) is 16.5. The zero-order valence-electron chi connectivity index (χ0n) is 14.8. The van der Waals surface area contributed by atoms with Gasteiger partial charge in [0, 0.05) is 12.7 Å². The monoisotopic (exact) mass is 373 g/mol. The largest absolute Gasteiger partial charge is 0.329 e. The fraction of sp³-hybridized carbons (Fsp3) is 0.150. The van der Waals surface area contributed by atoms with E-state index in [1.165, 1.54) is 0 Å². The summed E-state index contributed by atoms with van der Waals surface area (Å²) in [6.45, 7) is 0.830. The van der Waals surface area contributed by atoms with Crippen LogP contribution in [-0.2, 0) is 11.4 Å². The molecule has 0 N–H and O–H groups in total. The molecule has 138 valence electrons. The van der Waals surface area contributed by atoms with E-state index in [0.717, 1.165) is 27.1 Å². The Balaban J connectivity index is 1.29. The van der Waals surface area contributed by atoms with Crippen LogP contribution in [0.25, 0.3) is 22.1 Å². The molecule has 8 heteroatoms. The summed E-state index contributed by atoms with van der Waals surface area (Å²) in [6.07, 6.45) is 5.79. The van der Waals surface area contributed by atoms with Crippen molar-refractivity contribution in [1.29, 1.82) is 0 Å². The number of carbonyl (C=O) groups excluding carboxylic acids is 2. The Bertz CT molecular complexity index is 1200. The number of pyridine rings is 2. The minimum absolute atomic E-state index is 0.224. The summed E-state index contributed by atoms with van der Waals surface area (Å²) in [4.78, 5) is 43.2. The Hall–Kier alpha value is -3.65. The molecule has 0 atom stereocenters. The number of nitrogens with zero attached hydrogens (tertiary/aromatic N) is 5. The number of imide groups is 1. The number of hydrogen-bond acceptors (Lipinski definition) is 6. The average Bonchev–Trinajstić information content (AvgIpc) is 3.26. The van der Waals surface area contributed by atoms with Crippen molar-refractivity contribution < 1.29 is 14.4 Å². The van der Waals surface area contributed by atoms with Crippen LogP contribution in [0, 0.1) is 0 Å². The summed E-state index contributed by atoms with van der Waals surface area (Å²) < 4.78 is 1.98. The number of benzene rings is 1. The van der Waals surface area contributed by atoms with Crippen LogP contribution in [0.3, 0.4) is 0 Å². The van der Waals surface area contributed by atoms with E-state index < -0.39 is 11.8 Å². The molecule has 1 aromatic carbocycles. The molecule has 5 rings (SSSR count). The van der Waals surface area contributed by atoms with Gasteiger partial charge in [0.05, 0.1) is 41.3 Å². The van der Waals surface area contributed by atoms with Crippen molar-refractivity contribution in [3.8, 4) is 0 Å². The lowest BCUT2D eigenvalue weighted by atomic mass is 10.1. The van der Waals surface area contributed by atoms with Gasteiger partial charge in [0.25, 0.3) is 11.8 Å². The maximum atomic E-state index is 12.3. The lowest BCUT2D eigenvalue weighted by Gasteiger charge is -2.13. The Morgan fingerprint density at radius 1 is 0.893 bits per heavy atom. The SMILES string of the molecule is O=C1c2ccccc2C(=O)N1OCCCn1cnc2cnc3cccnc3c21. The molecule has 3 aromatic heterocycles. The fourth-order valence-corrected chi connectivity index (χ4v) is 3.41. The van der Waals surface area contributed by atoms with Gasteiger partial charge in [0.15, 0.2) is 0 Å². The lowest BCUT2D eigenvalue weighted by Crippen LogP contribution is -2.30. The molecule has 4 heterocycles. The molecular formula is C20H15N5O3. The summed E-state index contributed by atoms with van der Waals surface area (Å²) in [6, 6.07) is 10.5. The second-order valence-electron chi connectivity index (χ2n) is 6.44. The Labute approximate surface area is 159 Å². The van der Waals surface area contributed by atoms with E-state index in [1.54, 1.807) is 43.0 Å². The Kier molecular flexibility index (Phi) is 3.84. The summed E-state index contributed by atoms with van der Waals surface area (Å²) in [5, 5.41) is 0.845. The van der Waals surface area contributed by atoms with E-state index in [9.17, 15) is 9.59 Å². The van der Waals surface area contributed by atoms with Gasteiger partial charge in [0.1, 0.15) is 11.0 Å². The first-order valence-electron chi connectivity index (χ1n) is 8.89. The molecule has 28 heavy (non-hydrogen) atoms. The van der Waals surface area contributed by atoms with Gasteiger partial charge in [-0.1, -0.05) is 12.1 Å². The van der Waals surface area contributed by atoms with E-state index >= 15 is 0 Å². The van der Waals surface area contributed by atoms with Crippen LogP contribution >= 0.6 is 0 Å². The predicted octanol–water partition coefficient (Wildman–Crippen LogP) is 2.60. The molecule has 0 unspecified atom stereocenters. The molecule has 0 spiro atoms. The van der Waals surface area contributed by atoms with Crippen molar-refractivity contribution >= 4 is 33.9 Å². The Morgan fingerprint density at radius 2 is 1.68 bits per heavy atom. The minimum atomic E-state index is -0.421. The first-order chi connectivity index (χ1) is 13.7. The van der Waals surface area contributed by atoms with E-state index in [2.05, 4.69) is 15.0 Å². The van der Waals surface area contributed by atoms with Crippen LogP contribution in [0.1, 0.15) is 27.1 Å². The maximum Gasteiger partial charge on any atom is 0.285 e. The second kappa shape index (κ2) is 6.50. The van der Waals surface area contributed by atoms with Crippen molar-refractivity contribution in [3.63, 3.8) is 0 Å². The zero-order chi connectivity index (χ0) is 19.1. The molecular weight excluding hydrogens is 358 g/mol. The third-order valence-corrected chi connectivity index (χ3v) is 4.72. The molecule has 0 saturated carbocycles. The van der Waals surface area contributed by atoms with Crippen molar-refractivity contribution in [1.82, 2.24) is 24.6 Å². The number of hydroxylamine groups is 2. The number of fused-ring (bicyclic) bond motifs is 4. The number of amides is 2. The van der Waals surface area contributed by atoms with Crippen molar-refractivity contribution in [2.75, 3.05) is 6.61 Å². The van der Waals surface area contributed by atoms with E-state index in [1.807, 2.05) is 16.7 Å². The highest BCUT2D eigenvalue weighted by atomic mass is 16.7. The van der Waals surface area contributed by atoms with Crippen molar-refractivity contribution in [3.05, 3.63) is 66.2 Å². The molecule has 0 saturated heterocycles. The molecule has 0 radical (unpaired) electrons. The molecule has 1 aliphatic heterocycles. The molecule has 1 aliphatic rings. The third-order valence-electron chi connectivity index (χ3n) is 4.72. The van der Waals surface area contributed by atoms with Crippen LogP contribution in [0.4, 0.5) is 0 Å². The number of carbonyl (C=O) groups is 2. The van der Waals surface area contributed by atoms with Crippen LogP contribution in [-0.4, -0.2) is 43.0 Å². The van der Waals surface area contributed by atoms with Gasteiger partial charge in [-0.3, -0.25) is 24.4 Å². The highest BCUT2D eigenvalue weighted by Gasteiger charge is 2.36. The number of imidazole rings is 1. The molecule has 0 bridgehead atoms. The lowest BCUT2D eigenvalue weighted by molar-refractivity contribution is -0.0925. The van der Waals surface area contributed by atoms with Crippen molar-refractivity contribution in [2.24, 2.45) is 0 Å². The number of aromatic nitrogens is 4. The number of hydrogen-bond donors (Lipinski definition) is 0. The van der Waals surface area contributed by atoms with E-state index in [4.69, 9.17) is 4.84 Å². The normalized spacial score (nSPS) is 13.6. The van der Waals surface area contributed by atoms with Crippen LogP contribution in [0.2, 0.25) is 0 Å². The predicted molar refractivity (Wildman–Crippen MR) is 100 cm³/mol. The molecule has 4 aromatic rings. The molecule has 2 amide bonds. The fourth-order valence-electron chi connectivity index (χ4n) is 3.41. The summed E-state index contributed by atoms with van der Waals surface area (Å²) in [7, 11) is 0. The highest BCUT2D eigenvalue weighted by Crippen LogP contribution is 2.23. The highest BCUT2D eigenvalue weighted by molar-refractivity contribution is 6.20. The van der Waals surface area contributed by atoms with Gasteiger partial charge in [-0.25, -0.2) is 4.98 Å². The van der Waals surface area contributed by atoms with Gasteiger partial charge in [-0.15, -0.1) is 5.06 Å².